The molecule has 6 heteroatoms. The van der Waals surface area contributed by atoms with E-state index in [4.69, 9.17) is 4.74 Å². The van der Waals surface area contributed by atoms with Crippen LogP contribution in [0.2, 0.25) is 0 Å². The highest BCUT2D eigenvalue weighted by Gasteiger charge is 2.27. The van der Waals surface area contributed by atoms with Gasteiger partial charge in [0.1, 0.15) is 0 Å². The molecule has 1 aliphatic rings. The summed E-state index contributed by atoms with van der Waals surface area (Å²) in [4.78, 5) is 27.1. The number of amides is 2. The second-order valence-corrected chi connectivity index (χ2v) is 6.08. The van der Waals surface area contributed by atoms with Crippen molar-refractivity contribution in [1.29, 1.82) is 0 Å². The van der Waals surface area contributed by atoms with Crippen LogP contribution in [0.25, 0.3) is 0 Å². The van der Waals surface area contributed by atoms with Crippen molar-refractivity contribution in [2.75, 3.05) is 30.5 Å². The molecule has 2 aromatic carbocycles. The zero-order chi connectivity index (χ0) is 16.2. The van der Waals surface area contributed by atoms with Crippen molar-refractivity contribution in [3.8, 4) is 0 Å². The van der Waals surface area contributed by atoms with Crippen LogP contribution in [0.3, 0.4) is 0 Å². The van der Waals surface area contributed by atoms with Crippen LogP contribution >= 0.6 is 11.8 Å². The number of rotatable bonds is 5. The second kappa shape index (κ2) is 6.85. The van der Waals surface area contributed by atoms with Crippen molar-refractivity contribution < 1.29 is 14.3 Å². The molecule has 1 heterocycles. The van der Waals surface area contributed by atoms with Crippen molar-refractivity contribution in [2.24, 2.45) is 0 Å². The molecule has 0 fully saturated rings. The van der Waals surface area contributed by atoms with Gasteiger partial charge in [-0.15, -0.1) is 0 Å². The number of fused-ring (bicyclic) bond motifs is 2. The number of hydrogen-bond donors (Lipinski definition) is 1. The first-order valence-electron chi connectivity index (χ1n) is 7.16. The summed E-state index contributed by atoms with van der Waals surface area (Å²) >= 11 is 1.53. The fourth-order valence-corrected chi connectivity index (χ4v) is 3.60. The van der Waals surface area contributed by atoms with Gasteiger partial charge in [0, 0.05) is 29.1 Å². The Morgan fingerprint density at radius 1 is 1.22 bits per heavy atom. The van der Waals surface area contributed by atoms with Gasteiger partial charge in [-0.3, -0.25) is 9.59 Å². The highest BCUT2D eigenvalue weighted by molar-refractivity contribution is 7.99. The van der Waals surface area contributed by atoms with Gasteiger partial charge in [-0.05, 0) is 30.3 Å². The number of nitrogens with zero attached hydrogens (tertiary/aromatic N) is 1. The minimum atomic E-state index is -0.0417. The van der Waals surface area contributed by atoms with Crippen molar-refractivity contribution >= 4 is 35.5 Å². The van der Waals surface area contributed by atoms with Gasteiger partial charge in [0.2, 0.25) is 6.41 Å². The molecule has 0 radical (unpaired) electrons. The summed E-state index contributed by atoms with van der Waals surface area (Å²) in [5, 5.41) is 2.65. The van der Waals surface area contributed by atoms with Crippen LogP contribution in [0.5, 0.6) is 0 Å². The van der Waals surface area contributed by atoms with Gasteiger partial charge < -0.3 is 15.0 Å². The summed E-state index contributed by atoms with van der Waals surface area (Å²) in [6, 6.07) is 13.1. The Balaban J connectivity index is 2.10. The van der Waals surface area contributed by atoms with Crippen LogP contribution in [0, 0.1) is 0 Å². The molecule has 0 unspecified atom stereocenters. The lowest BCUT2D eigenvalue weighted by Crippen LogP contribution is -2.33. The van der Waals surface area contributed by atoms with E-state index in [1.165, 1.54) is 11.8 Å². The van der Waals surface area contributed by atoms with Crippen molar-refractivity contribution in [3.05, 3.63) is 48.0 Å². The summed E-state index contributed by atoms with van der Waals surface area (Å²) in [7, 11) is 1.61. The van der Waals surface area contributed by atoms with Gasteiger partial charge in [-0.1, -0.05) is 23.9 Å². The lowest BCUT2D eigenvalue weighted by molar-refractivity contribution is -0.105. The van der Waals surface area contributed by atoms with E-state index >= 15 is 0 Å². The summed E-state index contributed by atoms with van der Waals surface area (Å²) in [5.74, 6) is -0.0417. The Bertz CT molecular complexity index is 748. The molecule has 118 valence electrons. The smallest absolute Gasteiger partial charge is 0.259 e. The summed E-state index contributed by atoms with van der Waals surface area (Å²) in [6.07, 6.45) is 0.644. The minimum absolute atomic E-state index is 0.0417. The van der Waals surface area contributed by atoms with E-state index < -0.39 is 0 Å². The molecular formula is C17H16N2O3S. The third kappa shape index (κ3) is 3.09. The lowest BCUT2D eigenvalue weighted by Gasteiger charge is -2.23. The normalized spacial score (nSPS) is 13.1. The van der Waals surface area contributed by atoms with Gasteiger partial charge in [0.15, 0.2) is 0 Å². The van der Waals surface area contributed by atoms with Crippen molar-refractivity contribution in [3.63, 3.8) is 0 Å². The lowest BCUT2D eigenvalue weighted by atomic mass is 10.1. The Labute approximate surface area is 138 Å². The average Bonchev–Trinajstić information content (AvgIpc) is 2.68. The molecule has 0 atom stereocenters. The first kappa shape index (κ1) is 15.6. The van der Waals surface area contributed by atoms with Crippen LogP contribution in [-0.2, 0) is 9.53 Å². The topological polar surface area (TPSA) is 58.6 Å². The van der Waals surface area contributed by atoms with E-state index in [1.807, 2.05) is 36.4 Å². The van der Waals surface area contributed by atoms with Crippen LogP contribution in [0.4, 0.5) is 11.4 Å². The van der Waals surface area contributed by atoms with Gasteiger partial charge in [0.05, 0.1) is 17.9 Å². The third-order valence-corrected chi connectivity index (χ3v) is 4.70. The van der Waals surface area contributed by atoms with Crippen LogP contribution in [-0.4, -0.2) is 32.6 Å². The van der Waals surface area contributed by atoms with Crippen LogP contribution in [0.1, 0.15) is 10.4 Å². The summed E-state index contributed by atoms with van der Waals surface area (Å²) < 4.78 is 5.14. The van der Waals surface area contributed by atoms with Crippen LogP contribution < -0.4 is 10.2 Å². The van der Waals surface area contributed by atoms with E-state index in [2.05, 4.69) is 5.32 Å². The van der Waals surface area contributed by atoms with Gasteiger partial charge in [0.25, 0.3) is 5.91 Å². The molecule has 0 saturated carbocycles. The number of benzene rings is 2. The number of nitrogens with one attached hydrogen (secondary N) is 1. The van der Waals surface area contributed by atoms with E-state index in [0.717, 1.165) is 15.5 Å². The molecule has 23 heavy (non-hydrogen) atoms. The van der Waals surface area contributed by atoms with Gasteiger partial charge in [-0.2, -0.15) is 0 Å². The first-order chi connectivity index (χ1) is 11.2. The Kier molecular flexibility index (Phi) is 4.64. The number of hydrogen-bond acceptors (Lipinski definition) is 4. The maximum absolute atomic E-state index is 12.9. The van der Waals surface area contributed by atoms with Crippen molar-refractivity contribution in [2.45, 2.75) is 9.79 Å². The largest absolute Gasteiger partial charge is 0.383 e. The predicted molar refractivity (Wildman–Crippen MR) is 90.2 cm³/mol. The highest BCUT2D eigenvalue weighted by atomic mass is 32.2. The SMILES string of the molecule is COCCN1C(=O)c2ccccc2Sc2cc(NC=O)ccc21. The fourth-order valence-electron chi connectivity index (χ4n) is 2.49. The molecule has 0 bridgehead atoms. The number of ether oxygens (including phenoxy) is 1. The number of carbonyl (C=O) groups is 2. The van der Waals surface area contributed by atoms with Gasteiger partial charge >= 0.3 is 0 Å². The summed E-state index contributed by atoms with van der Waals surface area (Å²) in [5.41, 5.74) is 2.20. The first-order valence-corrected chi connectivity index (χ1v) is 7.98. The van der Waals surface area contributed by atoms with Gasteiger partial charge in [-0.25, -0.2) is 0 Å². The maximum atomic E-state index is 12.9. The monoisotopic (exact) mass is 328 g/mol. The Hall–Kier alpha value is -2.31. The number of methoxy groups -OCH3 is 1. The van der Waals surface area contributed by atoms with Crippen LogP contribution in [0.15, 0.2) is 52.3 Å². The minimum Gasteiger partial charge on any atom is -0.383 e. The molecule has 2 amide bonds. The highest BCUT2D eigenvalue weighted by Crippen LogP contribution is 2.42. The quantitative estimate of drug-likeness (QED) is 0.857. The molecule has 0 aliphatic carbocycles. The number of anilines is 2. The van der Waals surface area contributed by atoms with E-state index in [0.29, 0.717) is 30.8 Å². The number of carbonyl (C=O) groups excluding carboxylic acids is 2. The van der Waals surface area contributed by atoms with E-state index in [9.17, 15) is 9.59 Å². The zero-order valence-corrected chi connectivity index (χ0v) is 13.4. The average molecular weight is 328 g/mol. The molecule has 3 rings (SSSR count). The fraction of sp³-hybridized carbons (Fsp3) is 0.176. The maximum Gasteiger partial charge on any atom is 0.259 e. The third-order valence-electron chi connectivity index (χ3n) is 3.58. The van der Waals surface area contributed by atoms with E-state index in [1.54, 1.807) is 18.1 Å². The molecular weight excluding hydrogens is 312 g/mol. The molecule has 0 spiro atoms. The standard InChI is InChI=1S/C17H16N2O3S/c1-22-9-8-19-14-7-6-12(18-11-20)10-16(14)23-15-5-3-2-4-13(15)17(19)21/h2-7,10-11H,8-9H2,1H3,(H,18,20). The van der Waals surface area contributed by atoms with Crippen molar-refractivity contribution in [1.82, 2.24) is 0 Å². The second-order valence-electron chi connectivity index (χ2n) is 4.99. The molecule has 1 N–H and O–H groups in total. The molecule has 5 nitrogen and oxygen atoms in total. The summed E-state index contributed by atoms with van der Waals surface area (Å²) in [6.45, 7) is 0.921. The molecule has 0 aromatic heterocycles. The Morgan fingerprint density at radius 2 is 2.04 bits per heavy atom. The zero-order valence-electron chi connectivity index (χ0n) is 12.6. The molecule has 2 aromatic rings. The van der Waals surface area contributed by atoms with E-state index in [-0.39, 0.29) is 5.91 Å². The molecule has 1 aliphatic heterocycles. The Morgan fingerprint density at radius 3 is 2.83 bits per heavy atom. The predicted octanol–water partition coefficient (Wildman–Crippen LogP) is 3.01. The molecule has 0 saturated heterocycles.